The normalized spacial score (nSPS) is 12.5. The van der Waals surface area contributed by atoms with Crippen molar-refractivity contribution in [2.45, 2.75) is 31.5 Å². The van der Waals surface area contributed by atoms with E-state index in [1.54, 1.807) is 35.6 Å². The number of carbonyl (C=O) groups is 3. The maximum atomic E-state index is 12.2. The van der Waals surface area contributed by atoms with Crippen molar-refractivity contribution in [2.75, 3.05) is 0 Å². The van der Waals surface area contributed by atoms with Gasteiger partial charge in [0.2, 0.25) is 5.91 Å². The zero-order chi connectivity index (χ0) is 16.8. The van der Waals surface area contributed by atoms with Crippen molar-refractivity contribution in [2.24, 2.45) is 0 Å². The Morgan fingerprint density at radius 2 is 1.68 bits per heavy atom. The van der Waals surface area contributed by atoms with Crippen molar-refractivity contribution in [1.29, 1.82) is 0 Å². The predicted octanol–water partition coefficient (Wildman–Crippen LogP) is 2.17. The highest BCUT2D eigenvalue weighted by Gasteiger charge is 2.36. The lowest BCUT2D eigenvalue weighted by atomic mass is 10.1. The molecule has 22 heavy (non-hydrogen) atoms. The van der Waals surface area contributed by atoms with Crippen molar-refractivity contribution in [3.8, 4) is 0 Å². The number of carboxylic acid groups (broad SMARTS) is 1. The molecule has 0 spiro atoms. The molecule has 1 unspecified atom stereocenters. The van der Waals surface area contributed by atoms with Gasteiger partial charge >= 0.3 is 12.1 Å². The number of aliphatic carboxylic acids is 1. The van der Waals surface area contributed by atoms with Crippen LogP contribution in [0.5, 0.6) is 0 Å². The fourth-order valence-corrected chi connectivity index (χ4v) is 1.69. The van der Waals surface area contributed by atoms with E-state index in [2.05, 4.69) is 0 Å². The van der Waals surface area contributed by atoms with Gasteiger partial charge in [-0.1, -0.05) is 30.3 Å². The van der Waals surface area contributed by atoms with Gasteiger partial charge in [0.1, 0.15) is 6.04 Å². The Morgan fingerprint density at radius 3 is 2.18 bits per heavy atom. The summed E-state index contributed by atoms with van der Waals surface area (Å²) >= 11 is 0. The standard InChI is InChI=1S/C14H14F3NO4/c15-14(16,17)8-10(13(21)22)18-12(20)7-6-11(19)9-4-2-1-3-5-9/h1-5,10H,6-8H2,(H,18,20)(H,21,22). The number of alkyl halides is 3. The Kier molecular flexibility index (Phi) is 6.09. The summed E-state index contributed by atoms with van der Waals surface area (Å²) in [6.07, 6.45) is -6.97. The van der Waals surface area contributed by atoms with E-state index in [0.29, 0.717) is 5.56 Å². The lowest BCUT2D eigenvalue weighted by molar-refractivity contribution is -0.160. The van der Waals surface area contributed by atoms with Crippen LogP contribution in [-0.4, -0.2) is 35.0 Å². The molecular formula is C14H14F3NO4. The minimum absolute atomic E-state index is 0.214. The minimum atomic E-state index is -4.71. The first-order chi connectivity index (χ1) is 10.2. The van der Waals surface area contributed by atoms with Gasteiger partial charge in [0.15, 0.2) is 5.78 Å². The molecule has 1 amide bonds. The van der Waals surface area contributed by atoms with Gasteiger partial charge in [0.25, 0.3) is 0 Å². The fourth-order valence-electron chi connectivity index (χ4n) is 1.69. The quantitative estimate of drug-likeness (QED) is 0.755. The van der Waals surface area contributed by atoms with Crippen LogP contribution in [0.2, 0.25) is 0 Å². The zero-order valence-corrected chi connectivity index (χ0v) is 11.4. The first-order valence-electron chi connectivity index (χ1n) is 6.36. The predicted molar refractivity (Wildman–Crippen MR) is 70.2 cm³/mol. The van der Waals surface area contributed by atoms with Gasteiger partial charge < -0.3 is 10.4 Å². The molecule has 0 fully saturated rings. The van der Waals surface area contributed by atoms with Gasteiger partial charge in [0.05, 0.1) is 6.42 Å². The number of nitrogens with one attached hydrogen (secondary N) is 1. The summed E-state index contributed by atoms with van der Waals surface area (Å²) in [7, 11) is 0. The van der Waals surface area contributed by atoms with Crippen LogP contribution in [0.25, 0.3) is 0 Å². The lowest BCUT2D eigenvalue weighted by Crippen LogP contribution is -2.43. The zero-order valence-electron chi connectivity index (χ0n) is 11.4. The Hall–Kier alpha value is -2.38. The van der Waals surface area contributed by atoms with Crippen LogP contribution in [-0.2, 0) is 9.59 Å². The van der Waals surface area contributed by atoms with Gasteiger partial charge in [-0.3, -0.25) is 9.59 Å². The molecule has 0 aliphatic heterocycles. The lowest BCUT2D eigenvalue weighted by Gasteiger charge is -2.16. The van der Waals surface area contributed by atoms with E-state index in [-0.39, 0.29) is 18.6 Å². The SMILES string of the molecule is O=C(CCC(=O)c1ccccc1)NC(CC(F)(F)F)C(=O)O. The maximum absolute atomic E-state index is 12.2. The third kappa shape index (κ3) is 6.38. The molecular weight excluding hydrogens is 303 g/mol. The first kappa shape index (κ1) is 17.7. The van der Waals surface area contributed by atoms with Crippen LogP contribution < -0.4 is 5.32 Å². The number of hydrogen-bond acceptors (Lipinski definition) is 3. The Labute approximate surface area is 124 Å². The molecule has 120 valence electrons. The van der Waals surface area contributed by atoms with Gasteiger partial charge in [-0.05, 0) is 0 Å². The third-order valence-corrected chi connectivity index (χ3v) is 2.74. The molecule has 5 nitrogen and oxygen atoms in total. The summed E-state index contributed by atoms with van der Waals surface area (Å²) in [4.78, 5) is 33.9. The van der Waals surface area contributed by atoms with Crippen LogP contribution in [0.1, 0.15) is 29.6 Å². The van der Waals surface area contributed by atoms with E-state index in [1.807, 2.05) is 0 Å². The van der Waals surface area contributed by atoms with E-state index in [4.69, 9.17) is 5.11 Å². The van der Waals surface area contributed by atoms with E-state index < -0.39 is 30.5 Å². The molecule has 0 saturated carbocycles. The van der Waals surface area contributed by atoms with E-state index in [0.717, 1.165) is 0 Å². The largest absolute Gasteiger partial charge is 0.480 e. The molecule has 0 aromatic heterocycles. The van der Waals surface area contributed by atoms with Gasteiger partial charge in [-0.25, -0.2) is 4.79 Å². The molecule has 1 rings (SSSR count). The van der Waals surface area contributed by atoms with Crippen LogP contribution >= 0.6 is 0 Å². The molecule has 0 bridgehead atoms. The van der Waals surface area contributed by atoms with Crippen molar-refractivity contribution >= 4 is 17.7 Å². The second-order valence-electron chi connectivity index (χ2n) is 4.57. The van der Waals surface area contributed by atoms with E-state index in [1.165, 1.54) is 0 Å². The number of ketones is 1. The highest BCUT2D eigenvalue weighted by molar-refractivity contribution is 5.98. The highest BCUT2D eigenvalue weighted by Crippen LogP contribution is 2.21. The second-order valence-corrected chi connectivity index (χ2v) is 4.57. The van der Waals surface area contributed by atoms with Crippen LogP contribution in [0, 0.1) is 0 Å². The van der Waals surface area contributed by atoms with Crippen LogP contribution in [0.4, 0.5) is 13.2 Å². The fraction of sp³-hybridized carbons (Fsp3) is 0.357. The van der Waals surface area contributed by atoms with Crippen molar-refractivity contribution in [1.82, 2.24) is 5.32 Å². The van der Waals surface area contributed by atoms with Crippen LogP contribution in [0.15, 0.2) is 30.3 Å². The maximum Gasteiger partial charge on any atom is 0.391 e. The molecule has 0 saturated heterocycles. The van der Waals surface area contributed by atoms with Gasteiger partial charge in [-0.2, -0.15) is 13.2 Å². The molecule has 0 heterocycles. The van der Waals surface area contributed by atoms with Gasteiger partial charge in [0, 0.05) is 18.4 Å². The summed E-state index contributed by atoms with van der Waals surface area (Å²) in [5.41, 5.74) is 0.375. The number of Topliss-reactive ketones (excluding diaryl/α,β-unsaturated/α-hetero) is 1. The number of carbonyl (C=O) groups excluding carboxylic acids is 2. The Balaban J connectivity index is 2.51. The molecule has 0 aliphatic rings. The Morgan fingerprint density at radius 1 is 1.09 bits per heavy atom. The third-order valence-electron chi connectivity index (χ3n) is 2.74. The van der Waals surface area contributed by atoms with Crippen molar-refractivity contribution in [3.05, 3.63) is 35.9 Å². The Bertz CT molecular complexity index is 543. The average molecular weight is 317 g/mol. The summed E-state index contributed by atoms with van der Waals surface area (Å²) < 4.78 is 36.5. The van der Waals surface area contributed by atoms with E-state index >= 15 is 0 Å². The number of hydrogen-bond donors (Lipinski definition) is 2. The second kappa shape index (κ2) is 7.58. The number of rotatable bonds is 7. The summed E-state index contributed by atoms with van der Waals surface area (Å²) in [5, 5.41) is 10.4. The number of benzene rings is 1. The number of amides is 1. The smallest absolute Gasteiger partial charge is 0.391 e. The van der Waals surface area contributed by atoms with Crippen LogP contribution in [0.3, 0.4) is 0 Å². The van der Waals surface area contributed by atoms with Crippen molar-refractivity contribution in [3.63, 3.8) is 0 Å². The topological polar surface area (TPSA) is 83.5 Å². The average Bonchev–Trinajstić information content (AvgIpc) is 2.43. The van der Waals surface area contributed by atoms with E-state index in [9.17, 15) is 27.6 Å². The molecule has 8 heteroatoms. The summed E-state index contributed by atoms with van der Waals surface area (Å²) in [5.74, 6) is -3.04. The monoisotopic (exact) mass is 317 g/mol. The summed E-state index contributed by atoms with van der Waals surface area (Å²) in [6.45, 7) is 0. The molecule has 0 radical (unpaired) electrons. The first-order valence-corrected chi connectivity index (χ1v) is 6.36. The van der Waals surface area contributed by atoms with Crippen molar-refractivity contribution < 1.29 is 32.7 Å². The molecule has 2 N–H and O–H groups in total. The molecule has 1 aromatic carbocycles. The highest BCUT2D eigenvalue weighted by atomic mass is 19.4. The molecule has 0 aliphatic carbocycles. The number of halogens is 3. The van der Waals surface area contributed by atoms with Gasteiger partial charge in [-0.15, -0.1) is 0 Å². The molecule has 1 aromatic rings. The minimum Gasteiger partial charge on any atom is -0.480 e. The summed E-state index contributed by atoms with van der Waals surface area (Å²) in [6, 6.07) is 6.01. The molecule has 1 atom stereocenters. The number of carboxylic acids is 1.